The normalized spacial score (nSPS) is 11.6. The van der Waals surface area contributed by atoms with Gasteiger partial charge >= 0.3 is 0 Å². The van der Waals surface area contributed by atoms with Crippen LogP contribution in [0.25, 0.3) is 0 Å². The van der Waals surface area contributed by atoms with Crippen LogP contribution < -0.4 is 10.5 Å². The van der Waals surface area contributed by atoms with Gasteiger partial charge in [0.05, 0.1) is 12.8 Å². The SMILES string of the molecule is Nc1[nH]ncc1S(=O)(=O)NCc1cccc(CO)c1. The lowest BCUT2D eigenvalue weighted by atomic mass is 10.1. The summed E-state index contributed by atoms with van der Waals surface area (Å²) < 4.78 is 26.3. The van der Waals surface area contributed by atoms with Crippen LogP contribution in [0.2, 0.25) is 0 Å². The molecule has 1 aromatic heterocycles. The number of nitrogens with two attached hydrogens (primary N) is 1. The minimum absolute atomic E-state index is 0.00314. The molecule has 7 nitrogen and oxygen atoms in total. The molecule has 0 amide bonds. The average molecular weight is 282 g/mol. The Kier molecular flexibility index (Phi) is 3.84. The van der Waals surface area contributed by atoms with Crippen molar-refractivity contribution in [1.29, 1.82) is 0 Å². The maximum Gasteiger partial charge on any atom is 0.246 e. The van der Waals surface area contributed by atoms with E-state index >= 15 is 0 Å². The number of nitrogens with one attached hydrogen (secondary N) is 2. The van der Waals surface area contributed by atoms with Crippen molar-refractivity contribution in [1.82, 2.24) is 14.9 Å². The number of aromatic nitrogens is 2. The zero-order valence-electron chi connectivity index (χ0n) is 10.00. The monoisotopic (exact) mass is 282 g/mol. The second kappa shape index (κ2) is 5.39. The Labute approximate surface area is 110 Å². The highest BCUT2D eigenvalue weighted by Crippen LogP contribution is 2.14. The summed E-state index contributed by atoms with van der Waals surface area (Å²) in [4.78, 5) is -0.0780. The molecule has 0 saturated heterocycles. The predicted molar refractivity (Wildman–Crippen MR) is 69.4 cm³/mol. The highest BCUT2D eigenvalue weighted by Gasteiger charge is 2.18. The summed E-state index contributed by atoms with van der Waals surface area (Å²) in [5.74, 6) is -0.00314. The first-order chi connectivity index (χ1) is 9.03. The molecule has 0 unspecified atom stereocenters. The third-order valence-corrected chi connectivity index (χ3v) is 3.99. The summed E-state index contributed by atoms with van der Waals surface area (Å²) in [6, 6.07) is 7.00. The van der Waals surface area contributed by atoms with Gasteiger partial charge in [0.25, 0.3) is 0 Å². The molecule has 102 valence electrons. The van der Waals surface area contributed by atoms with Gasteiger partial charge in [0, 0.05) is 6.54 Å². The molecule has 0 aliphatic carbocycles. The van der Waals surface area contributed by atoms with E-state index in [0.29, 0.717) is 0 Å². The molecule has 2 rings (SSSR count). The van der Waals surface area contributed by atoms with E-state index in [0.717, 1.165) is 17.3 Å². The number of sulfonamides is 1. The largest absolute Gasteiger partial charge is 0.392 e. The number of H-pyrrole nitrogens is 1. The van der Waals surface area contributed by atoms with Crippen molar-refractivity contribution in [3.8, 4) is 0 Å². The highest BCUT2D eigenvalue weighted by molar-refractivity contribution is 7.89. The van der Waals surface area contributed by atoms with E-state index in [4.69, 9.17) is 10.8 Å². The van der Waals surface area contributed by atoms with Crippen molar-refractivity contribution in [3.63, 3.8) is 0 Å². The zero-order chi connectivity index (χ0) is 13.9. The van der Waals surface area contributed by atoms with Crippen LogP contribution in [0.5, 0.6) is 0 Å². The van der Waals surface area contributed by atoms with Gasteiger partial charge in [0.1, 0.15) is 10.7 Å². The lowest BCUT2D eigenvalue weighted by Crippen LogP contribution is -2.23. The van der Waals surface area contributed by atoms with Crippen molar-refractivity contribution in [2.75, 3.05) is 5.73 Å². The van der Waals surface area contributed by atoms with Crippen LogP contribution in [0.1, 0.15) is 11.1 Å². The van der Waals surface area contributed by atoms with Crippen LogP contribution in [0, 0.1) is 0 Å². The fourth-order valence-electron chi connectivity index (χ4n) is 1.59. The second-order valence-electron chi connectivity index (χ2n) is 3.95. The quantitative estimate of drug-likeness (QED) is 0.613. The van der Waals surface area contributed by atoms with Crippen LogP contribution in [-0.4, -0.2) is 23.7 Å². The maximum atomic E-state index is 11.9. The third kappa shape index (κ3) is 3.11. The summed E-state index contributed by atoms with van der Waals surface area (Å²) in [5, 5.41) is 14.9. The topological polar surface area (TPSA) is 121 Å². The minimum atomic E-state index is -3.70. The molecule has 19 heavy (non-hydrogen) atoms. The number of aromatic amines is 1. The van der Waals surface area contributed by atoms with Gasteiger partial charge in [-0.2, -0.15) is 5.10 Å². The summed E-state index contributed by atoms with van der Waals surface area (Å²) >= 11 is 0. The minimum Gasteiger partial charge on any atom is -0.392 e. The average Bonchev–Trinajstić information content (AvgIpc) is 2.84. The Balaban J connectivity index is 2.12. The van der Waals surface area contributed by atoms with Crippen LogP contribution in [0.15, 0.2) is 35.4 Å². The molecule has 1 heterocycles. The number of hydrogen-bond donors (Lipinski definition) is 4. The van der Waals surface area contributed by atoms with Crippen LogP contribution in [0.4, 0.5) is 5.82 Å². The second-order valence-corrected chi connectivity index (χ2v) is 5.69. The number of anilines is 1. The number of aliphatic hydroxyl groups is 1. The van der Waals surface area contributed by atoms with E-state index < -0.39 is 10.0 Å². The first-order valence-corrected chi connectivity index (χ1v) is 6.98. The molecule has 5 N–H and O–H groups in total. The van der Waals surface area contributed by atoms with E-state index in [1.54, 1.807) is 24.3 Å². The Morgan fingerprint density at radius 3 is 2.74 bits per heavy atom. The molecule has 1 aromatic carbocycles. The Hall–Kier alpha value is -1.90. The smallest absolute Gasteiger partial charge is 0.246 e. The van der Waals surface area contributed by atoms with Gasteiger partial charge in [-0.3, -0.25) is 5.10 Å². The number of rotatable bonds is 5. The van der Waals surface area contributed by atoms with E-state index in [1.165, 1.54) is 0 Å². The first-order valence-electron chi connectivity index (χ1n) is 5.50. The van der Waals surface area contributed by atoms with Gasteiger partial charge in [-0.25, -0.2) is 13.1 Å². The lowest BCUT2D eigenvalue weighted by Gasteiger charge is -2.06. The Morgan fingerprint density at radius 1 is 1.37 bits per heavy atom. The molecule has 0 bridgehead atoms. The van der Waals surface area contributed by atoms with Gasteiger partial charge in [-0.15, -0.1) is 0 Å². The van der Waals surface area contributed by atoms with Crippen LogP contribution in [-0.2, 0) is 23.2 Å². The van der Waals surface area contributed by atoms with Crippen molar-refractivity contribution in [2.45, 2.75) is 18.0 Å². The maximum absolute atomic E-state index is 11.9. The molecule has 0 radical (unpaired) electrons. The Bertz CT molecular complexity index is 666. The fraction of sp³-hybridized carbons (Fsp3) is 0.182. The molecule has 8 heteroatoms. The van der Waals surface area contributed by atoms with Crippen LogP contribution >= 0.6 is 0 Å². The van der Waals surface area contributed by atoms with Gasteiger partial charge in [0.2, 0.25) is 10.0 Å². The van der Waals surface area contributed by atoms with Gasteiger partial charge in [-0.1, -0.05) is 24.3 Å². The third-order valence-electron chi connectivity index (χ3n) is 2.56. The number of aliphatic hydroxyl groups excluding tert-OH is 1. The lowest BCUT2D eigenvalue weighted by molar-refractivity contribution is 0.281. The molecule has 2 aromatic rings. The van der Waals surface area contributed by atoms with E-state index in [-0.39, 0.29) is 23.9 Å². The highest BCUT2D eigenvalue weighted by atomic mass is 32.2. The van der Waals surface area contributed by atoms with E-state index in [2.05, 4.69) is 14.9 Å². The predicted octanol–water partition coefficient (Wildman–Crippen LogP) is -0.0373. The van der Waals surface area contributed by atoms with Crippen LogP contribution in [0.3, 0.4) is 0 Å². The summed E-state index contributed by atoms with van der Waals surface area (Å²) in [6.45, 7) is 0.0239. The molecule has 0 saturated carbocycles. The zero-order valence-corrected chi connectivity index (χ0v) is 10.8. The van der Waals surface area contributed by atoms with Gasteiger partial charge in [-0.05, 0) is 11.1 Å². The van der Waals surface area contributed by atoms with Crippen molar-refractivity contribution in [2.24, 2.45) is 0 Å². The fourth-order valence-corrected chi connectivity index (χ4v) is 2.63. The summed E-state index contributed by atoms with van der Waals surface area (Å²) in [6.07, 6.45) is 1.15. The molecule has 0 fully saturated rings. The molecule has 0 atom stereocenters. The first kappa shape index (κ1) is 13.5. The Morgan fingerprint density at radius 2 is 2.11 bits per heavy atom. The number of benzene rings is 1. The van der Waals surface area contributed by atoms with Crippen molar-refractivity contribution < 1.29 is 13.5 Å². The summed E-state index contributed by atoms with van der Waals surface area (Å²) in [5.41, 5.74) is 6.94. The van der Waals surface area contributed by atoms with Gasteiger partial charge in [0.15, 0.2) is 0 Å². The molecule has 0 spiro atoms. The number of hydrogen-bond acceptors (Lipinski definition) is 5. The molecule has 0 aliphatic heterocycles. The molecule has 0 aliphatic rings. The van der Waals surface area contributed by atoms with E-state index in [1.807, 2.05) is 0 Å². The van der Waals surface area contributed by atoms with Crippen molar-refractivity contribution in [3.05, 3.63) is 41.6 Å². The standard InChI is InChI=1S/C11H14N4O3S/c12-11-10(6-13-15-11)19(17,18)14-5-8-2-1-3-9(4-8)7-16/h1-4,6,14,16H,5,7H2,(H3,12,13,15). The number of nitrogens with zero attached hydrogens (tertiary/aromatic N) is 1. The summed E-state index contributed by atoms with van der Waals surface area (Å²) in [7, 11) is -3.70. The van der Waals surface area contributed by atoms with Crippen molar-refractivity contribution >= 4 is 15.8 Å². The van der Waals surface area contributed by atoms with Gasteiger partial charge < -0.3 is 10.8 Å². The number of nitrogen functional groups attached to an aromatic ring is 1. The molecular formula is C11H14N4O3S. The van der Waals surface area contributed by atoms with E-state index in [9.17, 15) is 8.42 Å². The molecular weight excluding hydrogens is 268 g/mol.